The number of rotatable bonds is 19. The molecule has 0 saturated carbocycles. The first-order valence-corrected chi connectivity index (χ1v) is 42.3. The smallest absolute Gasteiger partial charge is 0.255 e. The normalized spacial score (nSPS) is 19.1. The van der Waals surface area contributed by atoms with E-state index >= 15 is 0 Å². The number of amides is 6. The molecule has 10 heterocycles. The third-order valence-corrected chi connectivity index (χ3v) is 26.7. The van der Waals surface area contributed by atoms with Gasteiger partial charge in [-0.25, -0.2) is 8.78 Å². The molecule has 2 unspecified atom stereocenters. The lowest BCUT2D eigenvalue weighted by atomic mass is 9.95. The minimum Gasteiger partial charge on any atom is -0.508 e. The van der Waals surface area contributed by atoms with Gasteiger partial charge in [-0.2, -0.15) is 0 Å². The lowest BCUT2D eigenvalue weighted by Gasteiger charge is -2.40. The number of fused-ring (bicyclic) bond motifs is 4. The van der Waals surface area contributed by atoms with Gasteiger partial charge in [0, 0.05) is 172 Å². The summed E-state index contributed by atoms with van der Waals surface area (Å²) < 4.78 is 48.9. The van der Waals surface area contributed by atoms with Gasteiger partial charge in [-0.15, -0.1) is 22.7 Å². The Hall–Kier alpha value is -11.7. The van der Waals surface area contributed by atoms with Crippen molar-refractivity contribution in [2.45, 2.75) is 83.1 Å². The maximum Gasteiger partial charge on any atom is 0.255 e. The number of aromatic hydroxyl groups is 1. The monoisotopic (exact) mass is 1610 g/mol. The summed E-state index contributed by atoms with van der Waals surface area (Å²) in [4.78, 5) is 94.4. The SMILES string of the molecule is O=C1CCC(N2Cc3cc(N4CCN(CC5CCN(c6ccc(Oc7c(-c8ccc(F)cc8)sc8cc(O)ccc78)cc6)CC5)CC4)ccc3C2=O)C(=O)N1.O=C1CCC(N2Cc3cc(N4CCN(CC5CCN(c6ccc(Oc7c(-c8ccc(F)cc8)sc8cc(OCc9ccccc9)ccc78)cc6)CC5)CC4)ccc3C2=O)C(=O)N1. The van der Waals surface area contributed by atoms with Crippen LogP contribution in [-0.2, 0) is 38.9 Å². The highest BCUT2D eigenvalue weighted by atomic mass is 32.1. The van der Waals surface area contributed by atoms with E-state index in [2.05, 4.69) is 82.5 Å². The Balaban J connectivity index is 0.000000163. The summed E-state index contributed by atoms with van der Waals surface area (Å²) in [5.41, 5.74) is 10.6. The molecule has 0 bridgehead atoms. The summed E-state index contributed by atoms with van der Waals surface area (Å²) in [5, 5.41) is 16.7. The molecule has 117 heavy (non-hydrogen) atoms. The Morgan fingerprint density at radius 1 is 0.410 bits per heavy atom. The maximum absolute atomic E-state index is 13.9. The van der Waals surface area contributed by atoms with Gasteiger partial charge in [-0.3, -0.25) is 49.2 Å². The number of benzene rings is 9. The van der Waals surface area contributed by atoms with Crippen molar-refractivity contribution in [3.63, 3.8) is 0 Å². The predicted octanol–water partition coefficient (Wildman–Crippen LogP) is 15.9. The van der Waals surface area contributed by atoms with Crippen LogP contribution < -0.4 is 44.4 Å². The van der Waals surface area contributed by atoms with E-state index in [9.17, 15) is 42.7 Å². The molecule has 0 aliphatic carbocycles. The van der Waals surface area contributed by atoms with Gasteiger partial charge in [0.25, 0.3) is 11.8 Å². The number of imide groups is 2. The van der Waals surface area contributed by atoms with Gasteiger partial charge in [0.2, 0.25) is 23.6 Å². The lowest BCUT2D eigenvalue weighted by molar-refractivity contribution is -0.138. The van der Waals surface area contributed by atoms with E-state index in [4.69, 9.17) is 14.2 Å². The van der Waals surface area contributed by atoms with E-state index < -0.39 is 12.1 Å². The highest BCUT2D eigenvalue weighted by Crippen LogP contribution is 2.50. The molecule has 11 aromatic rings. The van der Waals surface area contributed by atoms with E-state index in [0.29, 0.717) is 61.3 Å². The van der Waals surface area contributed by atoms with Crippen molar-refractivity contribution in [1.82, 2.24) is 30.2 Å². The topological polar surface area (TPSA) is 200 Å². The second kappa shape index (κ2) is 33.5. The molecule has 598 valence electrons. The highest BCUT2D eigenvalue weighted by Gasteiger charge is 2.42. The Morgan fingerprint density at radius 3 is 1.26 bits per heavy atom. The van der Waals surface area contributed by atoms with E-state index in [-0.39, 0.29) is 65.7 Å². The minimum atomic E-state index is -0.600. The van der Waals surface area contributed by atoms with Crippen LogP contribution in [-0.4, -0.2) is 164 Å². The third kappa shape index (κ3) is 16.7. The minimum absolute atomic E-state index is 0.135. The van der Waals surface area contributed by atoms with Crippen molar-refractivity contribution in [1.29, 1.82) is 0 Å². The first-order valence-electron chi connectivity index (χ1n) is 40.6. The number of nitrogens with zero attached hydrogens (tertiary/aromatic N) is 8. The van der Waals surface area contributed by atoms with E-state index in [1.807, 2.05) is 97.1 Å². The standard InChI is InChI=1S/C50H48FN5O5S.C43H42FN5O5S/c51-37-8-6-35(7-9-37)48-47(43-17-15-41(29-45(43)62-48)60-32-34-4-2-1-3-5-34)61-40-13-10-38(11-14-40)54-22-20-33(21-23-54)30-53-24-26-55(27-25-53)39-12-16-42-36(28-39)31-56(50(42)59)44-18-19-46(57)52-49(44)58;44-30-3-1-28(2-4-30)41-40(36-12-8-33(50)24-38(36)55-41)54-34-9-5-31(6-10-34)47-17-15-27(16-18-47)25-46-19-21-48(22-20-46)32-7-11-35-29(23-32)26-49(43(35)53)37-13-14-39(51)45-42(37)52/h1-17,28-29,33,44H,18-27,30-32H2,(H,52,57,58);1-12,23-24,27,37,50H,13-22,25-26H2,(H,45,51,52). The molecule has 8 aliphatic heterocycles. The van der Waals surface area contributed by atoms with Gasteiger partial charge in [-0.1, -0.05) is 54.6 Å². The van der Waals surface area contributed by atoms with Gasteiger partial charge in [0.05, 0.1) is 9.75 Å². The van der Waals surface area contributed by atoms with E-state index in [1.165, 1.54) is 47.0 Å². The average Bonchev–Trinajstić information content (AvgIpc) is 1.64. The van der Waals surface area contributed by atoms with Crippen LogP contribution in [0.25, 0.3) is 41.1 Å². The molecule has 6 amide bonds. The van der Waals surface area contributed by atoms with Crippen molar-refractivity contribution in [3.05, 3.63) is 240 Å². The Morgan fingerprint density at radius 2 is 0.821 bits per heavy atom. The third-order valence-electron chi connectivity index (χ3n) is 24.3. The molecule has 9 aromatic carbocycles. The molecule has 2 atom stereocenters. The van der Waals surface area contributed by atoms with Crippen LogP contribution in [0.1, 0.15) is 88.8 Å². The second-order valence-corrected chi connectivity index (χ2v) is 33.9. The van der Waals surface area contributed by atoms with Crippen LogP contribution in [0.3, 0.4) is 0 Å². The van der Waals surface area contributed by atoms with Gasteiger partial charge in [0.1, 0.15) is 53.3 Å². The molecule has 0 radical (unpaired) electrons. The summed E-state index contributed by atoms with van der Waals surface area (Å²) >= 11 is 3.12. The van der Waals surface area contributed by atoms with Crippen LogP contribution in [0.2, 0.25) is 0 Å². The molecular weight excluding hydrogens is 1520 g/mol. The van der Waals surface area contributed by atoms with Gasteiger partial charge < -0.3 is 48.7 Å². The molecular formula is C93H90F2N10O10S2. The van der Waals surface area contributed by atoms with Crippen molar-refractivity contribution in [3.8, 4) is 55.4 Å². The summed E-state index contributed by atoms with van der Waals surface area (Å²) in [7, 11) is 0. The maximum atomic E-state index is 13.9. The molecule has 0 spiro atoms. The fourth-order valence-corrected chi connectivity index (χ4v) is 20.1. The fourth-order valence-electron chi connectivity index (χ4n) is 17.8. The molecule has 6 fully saturated rings. The van der Waals surface area contributed by atoms with Crippen molar-refractivity contribution in [2.24, 2.45) is 11.8 Å². The predicted molar refractivity (Wildman–Crippen MR) is 452 cm³/mol. The molecule has 8 aliphatic rings. The summed E-state index contributed by atoms with van der Waals surface area (Å²) in [6, 6.07) is 61.9. The second-order valence-electron chi connectivity index (χ2n) is 31.8. The van der Waals surface area contributed by atoms with Crippen LogP contribution >= 0.6 is 22.7 Å². The Kier molecular flexibility index (Phi) is 21.9. The number of carbonyl (C=O) groups excluding carboxylic acids is 6. The summed E-state index contributed by atoms with van der Waals surface area (Å²) in [6.07, 6.45) is 5.79. The van der Waals surface area contributed by atoms with Gasteiger partial charge >= 0.3 is 0 Å². The number of phenols is 1. The van der Waals surface area contributed by atoms with E-state index in [0.717, 1.165) is 209 Å². The zero-order valence-corrected chi connectivity index (χ0v) is 66.4. The zero-order chi connectivity index (χ0) is 79.8. The van der Waals surface area contributed by atoms with Crippen molar-refractivity contribution < 1.29 is 56.9 Å². The number of hydrogen-bond acceptors (Lipinski definition) is 18. The number of anilines is 4. The molecule has 20 nitrogen and oxygen atoms in total. The summed E-state index contributed by atoms with van der Waals surface area (Å²) in [5.74, 6) is 3.02. The number of ether oxygens (including phenoxy) is 3. The zero-order valence-electron chi connectivity index (χ0n) is 64.8. The number of piperidine rings is 4. The molecule has 6 saturated heterocycles. The first kappa shape index (κ1) is 76.6. The number of nitrogens with one attached hydrogen (secondary N) is 2. The van der Waals surface area contributed by atoms with Crippen LogP contribution in [0.4, 0.5) is 31.5 Å². The lowest BCUT2D eigenvalue weighted by Crippen LogP contribution is -2.52. The number of phenolic OH excluding ortho intramolecular Hbond substituents is 1. The quantitative estimate of drug-likeness (QED) is 0.0645. The summed E-state index contributed by atoms with van der Waals surface area (Å²) in [6.45, 7) is 15.1. The number of thiophene rings is 2. The van der Waals surface area contributed by atoms with Gasteiger partial charge in [0.15, 0.2) is 11.5 Å². The Labute approximate surface area is 685 Å². The fraction of sp³-hybridized carbons (Fsp3) is 0.312. The van der Waals surface area contributed by atoms with Crippen LogP contribution in [0, 0.1) is 23.5 Å². The molecule has 24 heteroatoms. The molecule has 2 aromatic heterocycles. The highest BCUT2D eigenvalue weighted by molar-refractivity contribution is 7.23. The number of piperazine rings is 2. The van der Waals surface area contributed by atoms with Crippen LogP contribution in [0.5, 0.6) is 34.5 Å². The van der Waals surface area contributed by atoms with Gasteiger partial charge in [-0.05, 0) is 224 Å². The average molecular weight is 1610 g/mol. The van der Waals surface area contributed by atoms with E-state index in [1.54, 1.807) is 57.5 Å². The van der Waals surface area contributed by atoms with Crippen LogP contribution in [0.15, 0.2) is 200 Å². The molecule has 19 rings (SSSR count). The van der Waals surface area contributed by atoms with Crippen molar-refractivity contribution >= 4 is 101 Å². The Bertz CT molecular complexity index is 5550. The molecule has 3 N–H and O–H groups in total. The van der Waals surface area contributed by atoms with Crippen molar-refractivity contribution in [2.75, 3.05) is 111 Å². The largest absolute Gasteiger partial charge is 0.508 e. The number of carbonyl (C=O) groups is 6. The number of halogens is 2. The first-order chi connectivity index (χ1) is 57.1. The number of hydrogen-bond donors (Lipinski definition) is 3.